The molecular formula is C17H20N2O2. The number of methoxy groups -OCH3 is 1. The van der Waals surface area contributed by atoms with Crippen LogP contribution in [0, 0.1) is 0 Å². The summed E-state index contributed by atoms with van der Waals surface area (Å²) in [5, 5.41) is 5.97. The fraction of sp³-hybridized carbons (Fsp3) is 0.235. The molecule has 2 N–H and O–H groups in total. The van der Waals surface area contributed by atoms with Crippen molar-refractivity contribution in [3.8, 4) is 0 Å². The van der Waals surface area contributed by atoms with Gasteiger partial charge in [0.2, 0.25) is 0 Å². The molecule has 0 saturated carbocycles. The second-order valence-corrected chi connectivity index (χ2v) is 4.72. The zero-order valence-electron chi connectivity index (χ0n) is 12.3. The van der Waals surface area contributed by atoms with E-state index in [9.17, 15) is 4.79 Å². The molecule has 0 atom stereocenters. The quantitative estimate of drug-likeness (QED) is 0.871. The zero-order valence-corrected chi connectivity index (χ0v) is 12.3. The fourth-order valence-electron chi connectivity index (χ4n) is 1.94. The van der Waals surface area contributed by atoms with Crippen molar-refractivity contribution in [3.63, 3.8) is 0 Å². The van der Waals surface area contributed by atoms with Crippen LogP contribution in [0.15, 0.2) is 48.5 Å². The average Bonchev–Trinajstić information content (AvgIpc) is 2.54. The second-order valence-electron chi connectivity index (χ2n) is 4.72. The van der Waals surface area contributed by atoms with E-state index in [1.165, 1.54) is 18.2 Å². The minimum Gasteiger partial charge on any atom is -0.453 e. The molecule has 0 saturated heterocycles. The van der Waals surface area contributed by atoms with Gasteiger partial charge in [0.15, 0.2) is 0 Å². The molecule has 4 heteroatoms. The summed E-state index contributed by atoms with van der Waals surface area (Å²) in [5.41, 5.74) is 4.30. The van der Waals surface area contributed by atoms with Gasteiger partial charge < -0.3 is 10.1 Å². The highest BCUT2D eigenvalue weighted by molar-refractivity contribution is 5.84. The number of aryl methyl sites for hydroxylation is 1. The van der Waals surface area contributed by atoms with E-state index >= 15 is 0 Å². The number of anilines is 2. The molecule has 2 aromatic rings. The van der Waals surface area contributed by atoms with Gasteiger partial charge in [0.1, 0.15) is 0 Å². The van der Waals surface area contributed by atoms with Gasteiger partial charge in [0, 0.05) is 17.9 Å². The maximum atomic E-state index is 11.1. The Balaban J connectivity index is 1.89. The highest BCUT2D eigenvalue weighted by Crippen LogP contribution is 2.15. The van der Waals surface area contributed by atoms with Gasteiger partial charge in [0.05, 0.1) is 7.11 Å². The van der Waals surface area contributed by atoms with Crippen molar-refractivity contribution in [2.24, 2.45) is 0 Å². The van der Waals surface area contributed by atoms with Crippen molar-refractivity contribution >= 4 is 17.5 Å². The third-order valence-corrected chi connectivity index (χ3v) is 3.24. The molecule has 0 aromatic heterocycles. The van der Waals surface area contributed by atoms with E-state index < -0.39 is 6.09 Å². The van der Waals surface area contributed by atoms with E-state index in [0.29, 0.717) is 5.69 Å². The van der Waals surface area contributed by atoms with Crippen LogP contribution in [0.25, 0.3) is 0 Å². The van der Waals surface area contributed by atoms with Gasteiger partial charge in [-0.25, -0.2) is 4.79 Å². The number of ether oxygens (including phenoxy) is 1. The number of nitrogens with one attached hydrogen (secondary N) is 2. The second kappa shape index (κ2) is 7.33. The Bertz CT molecular complexity index is 577. The third kappa shape index (κ3) is 4.53. The van der Waals surface area contributed by atoms with Crippen LogP contribution in [-0.4, -0.2) is 13.2 Å². The van der Waals surface area contributed by atoms with Crippen LogP contribution >= 0.6 is 0 Å². The van der Waals surface area contributed by atoms with Crippen LogP contribution in [0.3, 0.4) is 0 Å². The lowest BCUT2D eigenvalue weighted by molar-refractivity contribution is 0.187. The van der Waals surface area contributed by atoms with Gasteiger partial charge in [-0.3, -0.25) is 5.32 Å². The lowest BCUT2D eigenvalue weighted by Crippen LogP contribution is -2.10. The van der Waals surface area contributed by atoms with E-state index in [4.69, 9.17) is 0 Å². The molecule has 0 aliphatic heterocycles. The summed E-state index contributed by atoms with van der Waals surface area (Å²) in [7, 11) is 1.34. The molecule has 0 unspecified atom stereocenters. The molecular weight excluding hydrogens is 264 g/mol. The van der Waals surface area contributed by atoms with Crippen molar-refractivity contribution in [2.75, 3.05) is 17.7 Å². The van der Waals surface area contributed by atoms with Gasteiger partial charge in [-0.15, -0.1) is 0 Å². The molecule has 0 heterocycles. The first-order valence-corrected chi connectivity index (χ1v) is 6.98. The van der Waals surface area contributed by atoms with Crippen molar-refractivity contribution in [2.45, 2.75) is 19.9 Å². The molecule has 1 amide bonds. The number of hydrogen-bond acceptors (Lipinski definition) is 3. The predicted octanol–water partition coefficient (Wildman–Crippen LogP) is 4.04. The van der Waals surface area contributed by atoms with Gasteiger partial charge in [-0.05, 0) is 41.8 Å². The first-order chi connectivity index (χ1) is 10.2. The molecule has 2 rings (SSSR count). The van der Waals surface area contributed by atoms with Gasteiger partial charge >= 0.3 is 6.09 Å². The molecule has 110 valence electrons. The lowest BCUT2D eigenvalue weighted by Gasteiger charge is -2.09. The van der Waals surface area contributed by atoms with Crippen molar-refractivity contribution in [1.82, 2.24) is 0 Å². The molecule has 0 radical (unpaired) electrons. The molecule has 2 aromatic carbocycles. The Kier molecular flexibility index (Phi) is 5.21. The first-order valence-electron chi connectivity index (χ1n) is 6.98. The largest absolute Gasteiger partial charge is 0.453 e. The van der Waals surface area contributed by atoms with Crippen LogP contribution < -0.4 is 10.6 Å². The Morgan fingerprint density at radius 1 is 0.952 bits per heavy atom. The van der Waals surface area contributed by atoms with Crippen LogP contribution in [0.5, 0.6) is 0 Å². The number of hydrogen-bond donors (Lipinski definition) is 2. The third-order valence-electron chi connectivity index (χ3n) is 3.24. The molecule has 4 nitrogen and oxygen atoms in total. The van der Waals surface area contributed by atoms with Crippen LogP contribution in [0.4, 0.5) is 16.2 Å². The molecule has 0 bridgehead atoms. The van der Waals surface area contributed by atoms with E-state index in [-0.39, 0.29) is 0 Å². The standard InChI is InChI=1S/C17H20N2O2/c1-3-13-4-6-14(7-5-13)12-18-15-8-10-16(11-9-15)19-17(20)21-2/h4-11,18H,3,12H2,1-2H3,(H,19,20). The molecule has 0 aliphatic carbocycles. The normalized spacial score (nSPS) is 10.0. The van der Waals surface area contributed by atoms with Crippen molar-refractivity contribution in [1.29, 1.82) is 0 Å². The Morgan fingerprint density at radius 3 is 2.10 bits per heavy atom. The van der Waals surface area contributed by atoms with E-state index in [1.54, 1.807) is 0 Å². The van der Waals surface area contributed by atoms with Crippen molar-refractivity contribution in [3.05, 3.63) is 59.7 Å². The Morgan fingerprint density at radius 2 is 1.52 bits per heavy atom. The summed E-state index contributed by atoms with van der Waals surface area (Å²) in [6, 6.07) is 16.1. The van der Waals surface area contributed by atoms with Gasteiger partial charge in [-0.1, -0.05) is 31.2 Å². The van der Waals surface area contributed by atoms with Gasteiger partial charge in [0.25, 0.3) is 0 Å². The van der Waals surface area contributed by atoms with E-state index in [2.05, 4.69) is 46.6 Å². The van der Waals surface area contributed by atoms with E-state index in [1.807, 2.05) is 24.3 Å². The summed E-state index contributed by atoms with van der Waals surface area (Å²) >= 11 is 0. The minimum atomic E-state index is -0.466. The molecule has 21 heavy (non-hydrogen) atoms. The summed E-state index contributed by atoms with van der Waals surface area (Å²) in [5.74, 6) is 0. The summed E-state index contributed by atoms with van der Waals surface area (Å²) in [6.45, 7) is 2.92. The summed E-state index contributed by atoms with van der Waals surface area (Å²) in [6.07, 6.45) is 0.592. The summed E-state index contributed by atoms with van der Waals surface area (Å²) < 4.78 is 4.54. The Hall–Kier alpha value is -2.49. The Labute approximate surface area is 125 Å². The molecule has 0 fully saturated rings. The van der Waals surface area contributed by atoms with Gasteiger partial charge in [-0.2, -0.15) is 0 Å². The number of carbonyl (C=O) groups is 1. The number of carbonyl (C=O) groups excluding carboxylic acids is 1. The van der Waals surface area contributed by atoms with Crippen LogP contribution in [0.2, 0.25) is 0 Å². The molecule has 0 aliphatic rings. The molecule has 0 spiro atoms. The maximum absolute atomic E-state index is 11.1. The monoisotopic (exact) mass is 284 g/mol. The number of benzene rings is 2. The first kappa shape index (κ1) is 14.9. The van der Waals surface area contributed by atoms with Crippen LogP contribution in [-0.2, 0) is 17.7 Å². The van der Waals surface area contributed by atoms with Crippen LogP contribution in [0.1, 0.15) is 18.1 Å². The number of rotatable bonds is 5. The number of amides is 1. The zero-order chi connectivity index (χ0) is 15.1. The van der Waals surface area contributed by atoms with Crippen molar-refractivity contribution < 1.29 is 9.53 Å². The fourth-order valence-corrected chi connectivity index (χ4v) is 1.94. The highest BCUT2D eigenvalue weighted by atomic mass is 16.5. The predicted molar refractivity (Wildman–Crippen MR) is 85.6 cm³/mol. The van der Waals surface area contributed by atoms with E-state index in [0.717, 1.165) is 18.7 Å². The SMILES string of the molecule is CCc1ccc(CNc2ccc(NC(=O)OC)cc2)cc1. The highest BCUT2D eigenvalue weighted by Gasteiger charge is 2.00. The topological polar surface area (TPSA) is 50.4 Å². The lowest BCUT2D eigenvalue weighted by atomic mass is 10.1. The average molecular weight is 284 g/mol. The minimum absolute atomic E-state index is 0.466. The smallest absolute Gasteiger partial charge is 0.411 e. The summed E-state index contributed by atoms with van der Waals surface area (Å²) in [4.78, 5) is 11.1. The maximum Gasteiger partial charge on any atom is 0.411 e.